The smallest absolute Gasteiger partial charge is 0.226 e. The van der Waals surface area contributed by atoms with Gasteiger partial charge >= 0.3 is 0 Å². The predicted octanol–water partition coefficient (Wildman–Crippen LogP) is 3.20. The first-order valence-electron chi connectivity index (χ1n) is 6.66. The first-order chi connectivity index (χ1) is 10.5. The average molecular weight is 341 g/mol. The van der Waals surface area contributed by atoms with Crippen molar-refractivity contribution >= 4 is 57.7 Å². The van der Waals surface area contributed by atoms with Gasteiger partial charge in [-0.1, -0.05) is 18.5 Å². The number of carbonyl (C=O) groups is 2. The molecule has 8 heteroatoms. The summed E-state index contributed by atoms with van der Waals surface area (Å²) in [5.74, 6) is 0.0310. The number of anilines is 2. The van der Waals surface area contributed by atoms with Crippen LogP contribution in [-0.2, 0) is 9.59 Å². The lowest BCUT2D eigenvalue weighted by Crippen LogP contribution is -2.18. The highest BCUT2D eigenvalue weighted by Crippen LogP contribution is 2.24. The number of carbonyl (C=O) groups excluding carboxylic acids is 2. The quantitative estimate of drug-likeness (QED) is 0.818. The molecule has 2 amide bonds. The third-order valence-corrected chi connectivity index (χ3v) is 3.21. The van der Waals surface area contributed by atoms with Crippen LogP contribution >= 0.6 is 23.2 Å². The third-order valence-electron chi connectivity index (χ3n) is 2.78. The number of nitrogens with zero attached hydrogens (tertiary/aromatic N) is 2. The van der Waals surface area contributed by atoms with Gasteiger partial charge in [0.2, 0.25) is 11.8 Å². The Balaban J connectivity index is 2.45. The van der Waals surface area contributed by atoms with Crippen LogP contribution in [0.25, 0.3) is 11.0 Å². The minimum Gasteiger partial charge on any atom is -0.308 e. The van der Waals surface area contributed by atoms with Crippen molar-refractivity contribution in [3.05, 3.63) is 23.2 Å². The van der Waals surface area contributed by atoms with Crippen molar-refractivity contribution in [3.8, 4) is 0 Å². The summed E-state index contributed by atoms with van der Waals surface area (Å²) in [6.07, 6.45) is 0.424. The van der Waals surface area contributed by atoms with Crippen molar-refractivity contribution in [3.63, 3.8) is 0 Å². The van der Waals surface area contributed by atoms with Crippen molar-refractivity contribution in [1.82, 2.24) is 9.97 Å². The molecule has 0 saturated heterocycles. The standard InChI is InChI=1S/C14H14Cl2N4O2/c1-2-11(21)19-14-13(20-12(22)5-6-15)17-9-4-3-8(16)7-10(9)18-14/h3-4,7H,2,5-6H2,1H3,(H,17,20,22)(H,18,19,21). The minimum absolute atomic E-state index is 0.142. The third kappa shape index (κ3) is 4.05. The zero-order valence-corrected chi connectivity index (χ0v) is 13.3. The van der Waals surface area contributed by atoms with Crippen LogP contribution < -0.4 is 10.6 Å². The summed E-state index contributed by atoms with van der Waals surface area (Å²) in [4.78, 5) is 31.9. The van der Waals surface area contributed by atoms with E-state index in [0.29, 0.717) is 16.1 Å². The molecule has 0 aliphatic rings. The molecule has 0 aliphatic carbocycles. The van der Waals surface area contributed by atoms with Crippen LogP contribution in [0, 0.1) is 0 Å². The molecule has 0 fully saturated rings. The maximum atomic E-state index is 11.7. The zero-order valence-electron chi connectivity index (χ0n) is 11.8. The Morgan fingerprint density at radius 1 is 1.09 bits per heavy atom. The summed E-state index contributed by atoms with van der Waals surface area (Å²) in [6, 6.07) is 5.00. The van der Waals surface area contributed by atoms with E-state index in [4.69, 9.17) is 23.2 Å². The highest BCUT2D eigenvalue weighted by molar-refractivity contribution is 6.31. The molecule has 0 atom stereocenters. The van der Waals surface area contributed by atoms with E-state index in [-0.39, 0.29) is 42.2 Å². The van der Waals surface area contributed by atoms with E-state index in [1.54, 1.807) is 25.1 Å². The second kappa shape index (κ2) is 7.38. The summed E-state index contributed by atoms with van der Waals surface area (Å²) >= 11 is 11.5. The van der Waals surface area contributed by atoms with Crippen molar-refractivity contribution in [2.45, 2.75) is 19.8 Å². The summed E-state index contributed by atoms with van der Waals surface area (Å²) in [5, 5.41) is 5.73. The number of halogens is 2. The SMILES string of the molecule is CCC(=O)Nc1nc2cc(Cl)ccc2nc1NC(=O)CCCl. The first kappa shape index (κ1) is 16.5. The van der Waals surface area contributed by atoms with Gasteiger partial charge in [0, 0.05) is 23.7 Å². The van der Waals surface area contributed by atoms with E-state index in [9.17, 15) is 9.59 Å². The topological polar surface area (TPSA) is 84.0 Å². The number of benzene rings is 1. The van der Waals surface area contributed by atoms with Gasteiger partial charge in [-0.3, -0.25) is 9.59 Å². The molecule has 0 unspecified atom stereocenters. The molecule has 2 aromatic rings. The summed E-state index contributed by atoms with van der Waals surface area (Å²) < 4.78 is 0. The maximum absolute atomic E-state index is 11.7. The van der Waals surface area contributed by atoms with Crippen LogP contribution in [0.2, 0.25) is 5.02 Å². The van der Waals surface area contributed by atoms with Crippen LogP contribution in [0.15, 0.2) is 18.2 Å². The van der Waals surface area contributed by atoms with Gasteiger partial charge in [-0.25, -0.2) is 9.97 Å². The van der Waals surface area contributed by atoms with Crippen LogP contribution in [0.1, 0.15) is 19.8 Å². The Bertz CT molecular complexity index is 721. The zero-order chi connectivity index (χ0) is 16.1. The summed E-state index contributed by atoms with van der Waals surface area (Å²) in [7, 11) is 0. The van der Waals surface area contributed by atoms with Crippen LogP contribution in [-0.4, -0.2) is 27.7 Å². The molecular weight excluding hydrogens is 327 g/mol. The molecule has 0 radical (unpaired) electrons. The monoisotopic (exact) mass is 340 g/mol. The van der Waals surface area contributed by atoms with E-state index in [1.165, 1.54) is 0 Å². The van der Waals surface area contributed by atoms with Gasteiger partial charge in [-0.05, 0) is 18.2 Å². The number of hydrogen-bond acceptors (Lipinski definition) is 4. The van der Waals surface area contributed by atoms with E-state index in [0.717, 1.165) is 0 Å². The number of hydrogen-bond donors (Lipinski definition) is 2. The van der Waals surface area contributed by atoms with Gasteiger partial charge in [-0.15, -0.1) is 11.6 Å². The molecule has 1 heterocycles. The number of aromatic nitrogens is 2. The Hall–Kier alpha value is -1.92. The van der Waals surface area contributed by atoms with E-state index in [2.05, 4.69) is 20.6 Å². The number of rotatable bonds is 5. The fourth-order valence-corrected chi connectivity index (χ4v) is 2.04. The maximum Gasteiger partial charge on any atom is 0.226 e. The van der Waals surface area contributed by atoms with Crippen molar-refractivity contribution in [2.75, 3.05) is 16.5 Å². The molecule has 1 aromatic heterocycles. The molecular formula is C14H14Cl2N4O2. The normalized spacial score (nSPS) is 10.5. The number of nitrogens with one attached hydrogen (secondary N) is 2. The second-order valence-electron chi connectivity index (χ2n) is 4.44. The van der Waals surface area contributed by atoms with Gasteiger partial charge in [0.15, 0.2) is 11.6 Å². The molecule has 2 N–H and O–H groups in total. The molecule has 0 spiro atoms. The molecule has 0 aliphatic heterocycles. The highest BCUT2D eigenvalue weighted by atomic mass is 35.5. The fraction of sp³-hybridized carbons (Fsp3) is 0.286. The molecule has 1 aromatic carbocycles. The molecule has 116 valence electrons. The number of fused-ring (bicyclic) bond motifs is 1. The fourth-order valence-electron chi connectivity index (χ4n) is 1.70. The Morgan fingerprint density at radius 2 is 1.73 bits per heavy atom. The molecule has 2 rings (SSSR count). The van der Waals surface area contributed by atoms with Crippen LogP contribution in [0.3, 0.4) is 0 Å². The van der Waals surface area contributed by atoms with E-state index < -0.39 is 0 Å². The van der Waals surface area contributed by atoms with Crippen molar-refractivity contribution in [2.24, 2.45) is 0 Å². The van der Waals surface area contributed by atoms with Crippen LogP contribution in [0.4, 0.5) is 11.6 Å². The number of alkyl halides is 1. The molecule has 0 saturated carbocycles. The summed E-state index contributed by atoms with van der Waals surface area (Å²) in [6.45, 7) is 1.71. The minimum atomic E-state index is -0.301. The predicted molar refractivity (Wildman–Crippen MR) is 87.4 cm³/mol. The Morgan fingerprint density at radius 3 is 2.36 bits per heavy atom. The number of amides is 2. The van der Waals surface area contributed by atoms with Gasteiger partial charge in [0.1, 0.15) is 0 Å². The highest BCUT2D eigenvalue weighted by Gasteiger charge is 2.14. The van der Waals surface area contributed by atoms with Crippen molar-refractivity contribution in [1.29, 1.82) is 0 Å². The largest absolute Gasteiger partial charge is 0.308 e. The van der Waals surface area contributed by atoms with Gasteiger partial charge in [0.05, 0.1) is 11.0 Å². The molecule has 0 bridgehead atoms. The second-order valence-corrected chi connectivity index (χ2v) is 5.26. The Labute approximate surface area is 137 Å². The van der Waals surface area contributed by atoms with Gasteiger partial charge in [-0.2, -0.15) is 0 Å². The lowest BCUT2D eigenvalue weighted by molar-refractivity contribution is -0.116. The van der Waals surface area contributed by atoms with Gasteiger partial charge < -0.3 is 10.6 Å². The lowest BCUT2D eigenvalue weighted by atomic mass is 10.3. The molecule has 6 nitrogen and oxygen atoms in total. The average Bonchev–Trinajstić information content (AvgIpc) is 2.48. The van der Waals surface area contributed by atoms with E-state index in [1.807, 2.05) is 0 Å². The first-order valence-corrected chi connectivity index (χ1v) is 7.57. The van der Waals surface area contributed by atoms with E-state index >= 15 is 0 Å². The lowest BCUT2D eigenvalue weighted by Gasteiger charge is -2.11. The summed E-state index contributed by atoms with van der Waals surface area (Å²) in [5.41, 5.74) is 1.08. The van der Waals surface area contributed by atoms with Crippen molar-refractivity contribution < 1.29 is 9.59 Å². The van der Waals surface area contributed by atoms with Gasteiger partial charge in [0.25, 0.3) is 0 Å². The Kier molecular flexibility index (Phi) is 5.51. The molecule has 22 heavy (non-hydrogen) atoms. The van der Waals surface area contributed by atoms with Crippen LogP contribution in [0.5, 0.6) is 0 Å².